The Morgan fingerprint density at radius 3 is 2.79 bits per heavy atom. The molecule has 0 atom stereocenters. The average Bonchev–Trinajstić information content (AvgIpc) is 2.89. The second-order valence-electron chi connectivity index (χ2n) is 4.10. The number of hydrogen-bond acceptors (Lipinski definition) is 4. The lowest BCUT2D eigenvalue weighted by molar-refractivity contribution is 0.0995. The number of rotatable bonds is 2. The molecule has 0 aliphatic heterocycles. The zero-order valence-corrected chi connectivity index (χ0v) is 9.95. The van der Waals surface area contributed by atoms with E-state index >= 15 is 0 Å². The Bertz CT molecular complexity index is 778. The number of carbonyl (C=O) groups excluding carboxylic acids is 1. The molecular weight excluding hydrogens is 242 g/mol. The molecule has 4 N–H and O–H groups in total. The van der Waals surface area contributed by atoms with Crippen LogP contribution < -0.4 is 11.5 Å². The molecule has 3 aromatic rings. The highest BCUT2D eigenvalue weighted by molar-refractivity contribution is 5.96. The Labute approximate surface area is 108 Å². The Morgan fingerprint density at radius 2 is 2.05 bits per heavy atom. The van der Waals surface area contributed by atoms with Crippen molar-refractivity contribution in [3.05, 3.63) is 48.5 Å². The predicted octanol–water partition coefficient (Wildman–Crippen LogP) is 1.10. The number of hydrogen-bond donors (Lipinski definition) is 2. The van der Waals surface area contributed by atoms with Crippen molar-refractivity contribution in [3.63, 3.8) is 0 Å². The highest BCUT2D eigenvalue weighted by Gasteiger charge is 2.10. The summed E-state index contributed by atoms with van der Waals surface area (Å²) in [7, 11) is 0. The third kappa shape index (κ3) is 1.79. The maximum absolute atomic E-state index is 11.0. The summed E-state index contributed by atoms with van der Waals surface area (Å²) < 4.78 is 1.54. The highest BCUT2D eigenvalue weighted by Crippen LogP contribution is 2.26. The smallest absolute Gasteiger partial charge is 0.269 e. The van der Waals surface area contributed by atoms with Gasteiger partial charge in [-0.05, 0) is 18.2 Å². The van der Waals surface area contributed by atoms with Crippen LogP contribution in [0.2, 0.25) is 0 Å². The quantitative estimate of drug-likeness (QED) is 0.668. The molecule has 0 radical (unpaired) electrons. The van der Waals surface area contributed by atoms with Crippen LogP contribution in [-0.4, -0.2) is 20.7 Å². The molecule has 0 saturated heterocycles. The normalized spacial score (nSPS) is 10.7. The van der Waals surface area contributed by atoms with Crippen molar-refractivity contribution in [1.82, 2.24) is 14.8 Å². The monoisotopic (exact) mass is 253 g/mol. The van der Waals surface area contributed by atoms with Crippen molar-refractivity contribution in [2.24, 2.45) is 5.73 Å². The second-order valence-corrected chi connectivity index (χ2v) is 4.10. The minimum atomic E-state index is -0.567. The van der Waals surface area contributed by atoms with Crippen LogP contribution in [0.4, 0.5) is 5.69 Å². The van der Waals surface area contributed by atoms with Gasteiger partial charge in [0, 0.05) is 29.4 Å². The molecule has 94 valence electrons. The Balaban J connectivity index is 2.19. The number of primary amides is 1. The van der Waals surface area contributed by atoms with Crippen LogP contribution in [0.1, 0.15) is 10.5 Å². The van der Waals surface area contributed by atoms with Crippen molar-refractivity contribution < 1.29 is 4.79 Å². The first-order chi connectivity index (χ1) is 9.16. The summed E-state index contributed by atoms with van der Waals surface area (Å²) in [5, 5.41) is 5.94. The minimum Gasteiger partial charge on any atom is -0.396 e. The Morgan fingerprint density at radius 1 is 1.21 bits per heavy atom. The molecule has 2 aromatic heterocycles. The third-order valence-corrected chi connectivity index (χ3v) is 2.93. The van der Waals surface area contributed by atoms with Gasteiger partial charge in [-0.15, -0.1) is 0 Å². The fourth-order valence-electron chi connectivity index (χ4n) is 1.97. The van der Waals surface area contributed by atoms with E-state index in [0.717, 1.165) is 10.8 Å². The van der Waals surface area contributed by atoms with Gasteiger partial charge in [-0.3, -0.25) is 9.78 Å². The molecule has 6 nitrogen and oxygen atoms in total. The minimum absolute atomic E-state index is 0.203. The maximum Gasteiger partial charge on any atom is 0.269 e. The molecule has 0 unspecified atom stereocenters. The van der Waals surface area contributed by atoms with E-state index in [9.17, 15) is 4.79 Å². The molecule has 0 aliphatic carbocycles. The summed E-state index contributed by atoms with van der Waals surface area (Å²) in [6, 6.07) is 7.13. The van der Waals surface area contributed by atoms with E-state index < -0.39 is 5.91 Å². The van der Waals surface area contributed by atoms with Crippen molar-refractivity contribution in [3.8, 4) is 5.69 Å². The summed E-state index contributed by atoms with van der Waals surface area (Å²) in [6.45, 7) is 0. The zero-order valence-electron chi connectivity index (χ0n) is 9.95. The molecule has 3 rings (SSSR count). The topological polar surface area (TPSA) is 99.8 Å². The molecule has 1 amide bonds. The first kappa shape index (κ1) is 11.2. The molecule has 6 heteroatoms. The van der Waals surface area contributed by atoms with E-state index in [0.29, 0.717) is 11.4 Å². The number of nitrogens with two attached hydrogens (primary N) is 2. The van der Waals surface area contributed by atoms with Crippen LogP contribution >= 0.6 is 0 Å². The number of aromatic nitrogens is 3. The fraction of sp³-hybridized carbons (Fsp3) is 0. The molecule has 0 aliphatic rings. The van der Waals surface area contributed by atoms with Crippen LogP contribution in [-0.2, 0) is 0 Å². The Hall–Kier alpha value is -2.89. The molecule has 0 fully saturated rings. The Kier molecular flexibility index (Phi) is 2.42. The lowest BCUT2D eigenvalue weighted by Gasteiger charge is -2.08. The van der Waals surface area contributed by atoms with Gasteiger partial charge in [0.15, 0.2) is 0 Å². The van der Waals surface area contributed by atoms with Gasteiger partial charge >= 0.3 is 0 Å². The molecule has 0 bridgehead atoms. The van der Waals surface area contributed by atoms with Gasteiger partial charge in [0.1, 0.15) is 5.69 Å². The number of pyridine rings is 1. The summed E-state index contributed by atoms with van der Waals surface area (Å²) in [6.07, 6.45) is 5.08. The third-order valence-electron chi connectivity index (χ3n) is 2.93. The average molecular weight is 253 g/mol. The number of benzene rings is 1. The first-order valence-corrected chi connectivity index (χ1v) is 5.65. The number of amides is 1. The zero-order chi connectivity index (χ0) is 13.4. The first-order valence-electron chi connectivity index (χ1n) is 5.65. The highest BCUT2D eigenvalue weighted by atomic mass is 16.1. The summed E-state index contributed by atoms with van der Waals surface area (Å²) in [4.78, 5) is 15.1. The largest absolute Gasteiger partial charge is 0.396 e. The number of carbonyl (C=O) groups is 1. The molecule has 2 heterocycles. The molecule has 0 spiro atoms. The van der Waals surface area contributed by atoms with E-state index in [1.165, 1.54) is 4.68 Å². The van der Waals surface area contributed by atoms with Crippen molar-refractivity contribution in [2.45, 2.75) is 0 Å². The van der Waals surface area contributed by atoms with Crippen LogP contribution in [0.15, 0.2) is 42.9 Å². The fourth-order valence-corrected chi connectivity index (χ4v) is 1.97. The van der Waals surface area contributed by atoms with Crippen LogP contribution in [0.25, 0.3) is 16.5 Å². The van der Waals surface area contributed by atoms with E-state index in [1.54, 1.807) is 24.7 Å². The SMILES string of the molecule is NC(=O)c1ccn(-c2ccc3cnccc3c2N)n1. The van der Waals surface area contributed by atoms with Crippen molar-refractivity contribution in [1.29, 1.82) is 0 Å². The number of nitrogen functional groups attached to an aromatic ring is 1. The number of anilines is 1. The molecule has 0 saturated carbocycles. The lowest BCUT2D eigenvalue weighted by Crippen LogP contribution is -2.12. The van der Waals surface area contributed by atoms with Crippen molar-refractivity contribution in [2.75, 3.05) is 5.73 Å². The maximum atomic E-state index is 11.0. The van der Waals surface area contributed by atoms with E-state index in [2.05, 4.69) is 10.1 Å². The van der Waals surface area contributed by atoms with E-state index in [4.69, 9.17) is 11.5 Å². The van der Waals surface area contributed by atoms with E-state index in [1.807, 2.05) is 18.2 Å². The molecular formula is C13H11N5O. The van der Waals surface area contributed by atoms with Gasteiger partial charge in [0.05, 0.1) is 11.4 Å². The van der Waals surface area contributed by atoms with Gasteiger partial charge in [0.25, 0.3) is 5.91 Å². The summed E-state index contributed by atoms with van der Waals surface area (Å²) in [5.74, 6) is -0.567. The van der Waals surface area contributed by atoms with Crippen LogP contribution in [0, 0.1) is 0 Å². The van der Waals surface area contributed by atoms with Gasteiger partial charge in [-0.1, -0.05) is 6.07 Å². The van der Waals surface area contributed by atoms with Crippen LogP contribution in [0.5, 0.6) is 0 Å². The second kappa shape index (κ2) is 4.09. The van der Waals surface area contributed by atoms with Gasteiger partial charge in [-0.2, -0.15) is 5.10 Å². The van der Waals surface area contributed by atoms with Gasteiger partial charge in [-0.25, -0.2) is 4.68 Å². The predicted molar refractivity (Wildman–Crippen MR) is 71.8 cm³/mol. The van der Waals surface area contributed by atoms with Gasteiger partial charge in [0.2, 0.25) is 0 Å². The standard InChI is InChI=1S/C13H11N5O/c14-12-9-3-5-16-7-8(9)1-2-11(12)18-6-4-10(17-18)13(15)19/h1-7H,14H2,(H2,15,19). The number of fused-ring (bicyclic) bond motifs is 1. The van der Waals surface area contributed by atoms with Gasteiger partial charge < -0.3 is 11.5 Å². The van der Waals surface area contributed by atoms with Crippen LogP contribution in [0.3, 0.4) is 0 Å². The number of nitrogens with zero attached hydrogens (tertiary/aromatic N) is 3. The van der Waals surface area contributed by atoms with E-state index in [-0.39, 0.29) is 5.69 Å². The molecule has 19 heavy (non-hydrogen) atoms. The summed E-state index contributed by atoms with van der Waals surface area (Å²) in [5.41, 5.74) is 12.8. The molecule has 1 aromatic carbocycles. The lowest BCUT2D eigenvalue weighted by atomic mass is 10.1. The van der Waals surface area contributed by atoms with Crippen molar-refractivity contribution >= 4 is 22.4 Å². The summed E-state index contributed by atoms with van der Waals surface area (Å²) >= 11 is 0.